The Morgan fingerprint density at radius 1 is 1.19 bits per heavy atom. The standard InChI is InChI=1S/C14H20O2/c1-4-5-11-8-9-12(15-2)13(10-6-7-10)14(11)16-3/h8-10H,4-7H2,1-3H3. The summed E-state index contributed by atoms with van der Waals surface area (Å²) >= 11 is 0. The molecule has 0 bridgehead atoms. The first-order valence-electron chi connectivity index (χ1n) is 6.05. The molecule has 1 aromatic carbocycles. The number of benzene rings is 1. The van der Waals surface area contributed by atoms with Crippen LogP contribution < -0.4 is 9.47 Å². The Hall–Kier alpha value is -1.18. The maximum absolute atomic E-state index is 5.59. The van der Waals surface area contributed by atoms with Crippen molar-refractivity contribution in [2.24, 2.45) is 0 Å². The zero-order valence-electron chi connectivity index (χ0n) is 10.4. The molecule has 0 aliphatic heterocycles. The first-order chi connectivity index (χ1) is 7.81. The number of methoxy groups -OCH3 is 2. The zero-order valence-corrected chi connectivity index (χ0v) is 10.4. The van der Waals surface area contributed by atoms with Crippen molar-refractivity contribution in [2.45, 2.75) is 38.5 Å². The lowest BCUT2D eigenvalue weighted by atomic mass is 10.0. The van der Waals surface area contributed by atoms with Gasteiger partial charge in [-0.1, -0.05) is 19.4 Å². The summed E-state index contributed by atoms with van der Waals surface area (Å²) in [5.41, 5.74) is 2.60. The summed E-state index contributed by atoms with van der Waals surface area (Å²) in [6.07, 6.45) is 4.75. The molecule has 1 saturated carbocycles. The van der Waals surface area contributed by atoms with Gasteiger partial charge in [-0.15, -0.1) is 0 Å². The molecule has 0 radical (unpaired) electrons. The van der Waals surface area contributed by atoms with Crippen molar-refractivity contribution in [2.75, 3.05) is 14.2 Å². The van der Waals surface area contributed by atoms with Crippen LogP contribution in [0.2, 0.25) is 0 Å². The van der Waals surface area contributed by atoms with E-state index in [0.717, 1.165) is 24.3 Å². The van der Waals surface area contributed by atoms with Gasteiger partial charge >= 0.3 is 0 Å². The van der Waals surface area contributed by atoms with Crippen LogP contribution in [0.25, 0.3) is 0 Å². The summed E-state index contributed by atoms with van der Waals surface area (Å²) in [5.74, 6) is 2.70. The molecular weight excluding hydrogens is 200 g/mol. The fourth-order valence-electron chi connectivity index (χ4n) is 2.27. The number of hydrogen-bond donors (Lipinski definition) is 0. The molecule has 1 aromatic rings. The molecule has 2 heteroatoms. The van der Waals surface area contributed by atoms with Gasteiger partial charge in [0.2, 0.25) is 0 Å². The molecule has 1 fully saturated rings. The van der Waals surface area contributed by atoms with Crippen molar-refractivity contribution in [1.29, 1.82) is 0 Å². The first kappa shape index (κ1) is 11.3. The third-order valence-corrected chi connectivity index (χ3v) is 3.17. The molecule has 0 spiro atoms. The summed E-state index contributed by atoms with van der Waals surface area (Å²) < 4.78 is 11.0. The van der Waals surface area contributed by atoms with Gasteiger partial charge in [0, 0.05) is 5.56 Å². The van der Waals surface area contributed by atoms with Crippen LogP contribution in [0, 0.1) is 0 Å². The second-order valence-corrected chi connectivity index (χ2v) is 4.40. The largest absolute Gasteiger partial charge is 0.496 e. The van der Waals surface area contributed by atoms with E-state index in [1.165, 1.54) is 24.0 Å². The van der Waals surface area contributed by atoms with Crippen molar-refractivity contribution in [3.8, 4) is 11.5 Å². The zero-order chi connectivity index (χ0) is 11.5. The van der Waals surface area contributed by atoms with Crippen molar-refractivity contribution >= 4 is 0 Å². The van der Waals surface area contributed by atoms with Crippen molar-refractivity contribution < 1.29 is 9.47 Å². The second kappa shape index (κ2) is 4.77. The van der Waals surface area contributed by atoms with Crippen LogP contribution in [0.5, 0.6) is 11.5 Å². The van der Waals surface area contributed by atoms with Crippen LogP contribution in [0.1, 0.15) is 43.2 Å². The minimum absolute atomic E-state index is 0.654. The predicted molar refractivity (Wildman–Crippen MR) is 65.5 cm³/mol. The van der Waals surface area contributed by atoms with Gasteiger partial charge in [0.1, 0.15) is 11.5 Å². The Morgan fingerprint density at radius 2 is 1.94 bits per heavy atom. The van der Waals surface area contributed by atoms with E-state index in [1.807, 2.05) is 0 Å². The molecule has 16 heavy (non-hydrogen) atoms. The quantitative estimate of drug-likeness (QED) is 0.755. The minimum Gasteiger partial charge on any atom is -0.496 e. The normalized spacial score (nSPS) is 14.9. The van der Waals surface area contributed by atoms with Gasteiger partial charge in [-0.3, -0.25) is 0 Å². The third kappa shape index (κ3) is 2.01. The molecule has 2 nitrogen and oxygen atoms in total. The summed E-state index contributed by atoms with van der Waals surface area (Å²) in [6, 6.07) is 4.22. The Kier molecular flexibility index (Phi) is 3.37. The van der Waals surface area contributed by atoms with Crippen LogP contribution in [0.3, 0.4) is 0 Å². The Labute approximate surface area is 97.6 Å². The lowest BCUT2D eigenvalue weighted by Gasteiger charge is -2.16. The molecule has 88 valence electrons. The van der Waals surface area contributed by atoms with E-state index in [-0.39, 0.29) is 0 Å². The maximum atomic E-state index is 5.59. The molecule has 0 saturated heterocycles. The molecule has 1 aliphatic rings. The van der Waals surface area contributed by atoms with E-state index in [2.05, 4.69) is 19.1 Å². The Bertz CT molecular complexity index is 367. The molecular formula is C14H20O2. The van der Waals surface area contributed by atoms with Crippen molar-refractivity contribution in [3.05, 3.63) is 23.3 Å². The summed E-state index contributed by atoms with van der Waals surface area (Å²) in [4.78, 5) is 0. The van der Waals surface area contributed by atoms with Gasteiger partial charge in [0.25, 0.3) is 0 Å². The van der Waals surface area contributed by atoms with Crippen molar-refractivity contribution in [3.63, 3.8) is 0 Å². The van der Waals surface area contributed by atoms with Crippen LogP contribution in [0.15, 0.2) is 12.1 Å². The number of rotatable bonds is 5. The molecule has 0 N–H and O–H groups in total. The highest BCUT2D eigenvalue weighted by molar-refractivity contribution is 5.53. The molecule has 1 aliphatic carbocycles. The van der Waals surface area contributed by atoms with Gasteiger partial charge in [-0.2, -0.15) is 0 Å². The molecule has 0 amide bonds. The van der Waals surface area contributed by atoms with Crippen molar-refractivity contribution in [1.82, 2.24) is 0 Å². The van der Waals surface area contributed by atoms with Gasteiger partial charge < -0.3 is 9.47 Å². The molecule has 0 atom stereocenters. The molecule has 2 rings (SSSR count). The minimum atomic E-state index is 0.654. The molecule has 0 aromatic heterocycles. The highest BCUT2D eigenvalue weighted by Crippen LogP contribution is 2.49. The number of ether oxygens (including phenoxy) is 2. The summed E-state index contributed by atoms with van der Waals surface area (Å²) in [5, 5.41) is 0. The number of hydrogen-bond acceptors (Lipinski definition) is 2. The average Bonchev–Trinajstić information content (AvgIpc) is 3.12. The average molecular weight is 220 g/mol. The fourth-order valence-corrected chi connectivity index (χ4v) is 2.27. The highest BCUT2D eigenvalue weighted by Gasteiger charge is 2.31. The van der Waals surface area contributed by atoms with Gasteiger partial charge in [0.05, 0.1) is 14.2 Å². The van der Waals surface area contributed by atoms with E-state index in [4.69, 9.17) is 9.47 Å². The van der Waals surface area contributed by atoms with Crippen LogP contribution in [0.4, 0.5) is 0 Å². The van der Waals surface area contributed by atoms with Crippen LogP contribution >= 0.6 is 0 Å². The third-order valence-electron chi connectivity index (χ3n) is 3.17. The Morgan fingerprint density at radius 3 is 2.44 bits per heavy atom. The predicted octanol–water partition coefficient (Wildman–Crippen LogP) is 3.53. The smallest absolute Gasteiger partial charge is 0.129 e. The van der Waals surface area contributed by atoms with E-state index in [0.29, 0.717) is 5.92 Å². The van der Waals surface area contributed by atoms with Gasteiger partial charge in [-0.05, 0) is 36.8 Å². The number of aryl methyl sites for hydroxylation is 1. The molecule has 0 unspecified atom stereocenters. The Balaban J connectivity index is 2.45. The van der Waals surface area contributed by atoms with Crippen LogP contribution in [-0.4, -0.2) is 14.2 Å². The first-order valence-corrected chi connectivity index (χ1v) is 6.05. The maximum Gasteiger partial charge on any atom is 0.129 e. The fraction of sp³-hybridized carbons (Fsp3) is 0.571. The summed E-state index contributed by atoms with van der Waals surface area (Å²) in [6.45, 7) is 2.19. The molecule has 0 heterocycles. The van der Waals surface area contributed by atoms with E-state index >= 15 is 0 Å². The SMILES string of the molecule is CCCc1ccc(OC)c(C2CC2)c1OC. The topological polar surface area (TPSA) is 18.5 Å². The lowest BCUT2D eigenvalue weighted by Crippen LogP contribution is -1.99. The van der Waals surface area contributed by atoms with E-state index < -0.39 is 0 Å². The van der Waals surface area contributed by atoms with E-state index in [1.54, 1.807) is 14.2 Å². The monoisotopic (exact) mass is 220 g/mol. The van der Waals surface area contributed by atoms with Gasteiger partial charge in [-0.25, -0.2) is 0 Å². The van der Waals surface area contributed by atoms with E-state index in [9.17, 15) is 0 Å². The summed E-state index contributed by atoms with van der Waals surface area (Å²) in [7, 11) is 3.50. The lowest BCUT2D eigenvalue weighted by molar-refractivity contribution is 0.382. The second-order valence-electron chi connectivity index (χ2n) is 4.40. The van der Waals surface area contributed by atoms with Crippen LogP contribution in [-0.2, 0) is 6.42 Å². The highest BCUT2D eigenvalue weighted by atomic mass is 16.5. The van der Waals surface area contributed by atoms with Gasteiger partial charge in [0.15, 0.2) is 0 Å².